The van der Waals surface area contributed by atoms with Gasteiger partial charge in [-0.1, -0.05) is 11.6 Å². The Morgan fingerprint density at radius 1 is 1.33 bits per heavy atom. The van der Waals surface area contributed by atoms with Crippen molar-refractivity contribution in [2.75, 3.05) is 7.11 Å². The fraction of sp³-hybridized carbons (Fsp3) is 0.154. The van der Waals surface area contributed by atoms with Crippen LogP contribution in [0.15, 0.2) is 36.7 Å². The predicted octanol–water partition coefficient (Wildman–Crippen LogP) is 2.93. The highest BCUT2D eigenvalue weighted by Gasteiger charge is 2.17. The van der Waals surface area contributed by atoms with Crippen LogP contribution in [0.25, 0.3) is 0 Å². The summed E-state index contributed by atoms with van der Waals surface area (Å²) in [7, 11) is 1.51. The minimum Gasteiger partial charge on any atom is -0.496 e. The zero-order valence-electron chi connectivity index (χ0n) is 9.73. The van der Waals surface area contributed by atoms with Crippen molar-refractivity contribution in [2.45, 2.75) is 6.04 Å². The molecule has 0 bridgehead atoms. The lowest BCUT2D eigenvalue weighted by Crippen LogP contribution is -2.14. The van der Waals surface area contributed by atoms with Crippen LogP contribution in [0.2, 0.25) is 5.02 Å². The maximum Gasteiger partial charge on any atom is 0.124 e. The second-order valence-electron chi connectivity index (χ2n) is 3.76. The number of hydrogen-bond acceptors (Lipinski definition) is 3. The molecule has 0 aliphatic carbocycles. The third-order valence-corrected chi connectivity index (χ3v) is 2.98. The van der Waals surface area contributed by atoms with E-state index in [9.17, 15) is 4.39 Å². The van der Waals surface area contributed by atoms with Gasteiger partial charge in [-0.15, -0.1) is 0 Å². The Morgan fingerprint density at radius 3 is 2.78 bits per heavy atom. The van der Waals surface area contributed by atoms with Gasteiger partial charge in [-0.25, -0.2) is 4.39 Å². The molecule has 1 aromatic carbocycles. The average Bonchev–Trinajstić information content (AvgIpc) is 2.38. The zero-order valence-corrected chi connectivity index (χ0v) is 10.5. The van der Waals surface area contributed by atoms with E-state index in [0.29, 0.717) is 21.9 Å². The second-order valence-corrected chi connectivity index (χ2v) is 4.17. The summed E-state index contributed by atoms with van der Waals surface area (Å²) in [6, 6.07) is 5.35. The van der Waals surface area contributed by atoms with Gasteiger partial charge in [0.25, 0.3) is 0 Å². The lowest BCUT2D eigenvalue weighted by Gasteiger charge is -2.17. The first-order valence-electron chi connectivity index (χ1n) is 5.32. The van der Waals surface area contributed by atoms with E-state index in [1.54, 1.807) is 18.3 Å². The van der Waals surface area contributed by atoms with Gasteiger partial charge in [-0.2, -0.15) is 0 Å². The Labute approximate surface area is 109 Å². The van der Waals surface area contributed by atoms with Crippen molar-refractivity contribution in [2.24, 2.45) is 5.73 Å². The Balaban J connectivity index is 2.48. The first kappa shape index (κ1) is 12.8. The van der Waals surface area contributed by atoms with E-state index in [2.05, 4.69) is 4.98 Å². The summed E-state index contributed by atoms with van der Waals surface area (Å²) in [5.41, 5.74) is 7.33. The molecule has 0 aliphatic rings. The molecule has 0 saturated carbocycles. The number of pyridine rings is 1. The monoisotopic (exact) mass is 266 g/mol. The molecular weight excluding hydrogens is 255 g/mol. The number of nitrogens with two attached hydrogens (primary N) is 1. The molecule has 1 aromatic heterocycles. The molecule has 5 heteroatoms. The Morgan fingerprint density at radius 2 is 2.11 bits per heavy atom. The molecule has 1 unspecified atom stereocenters. The molecule has 2 N–H and O–H groups in total. The van der Waals surface area contributed by atoms with Gasteiger partial charge in [0.15, 0.2) is 0 Å². The Hall–Kier alpha value is -1.65. The summed E-state index contributed by atoms with van der Waals surface area (Å²) >= 11 is 6.03. The summed E-state index contributed by atoms with van der Waals surface area (Å²) in [6.45, 7) is 0. The third kappa shape index (κ3) is 2.44. The van der Waals surface area contributed by atoms with Gasteiger partial charge >= 0.3 is 0 Å². The van der Waals surface area contributed by atoms with Gasteiger partial charge in [0.1, 0.15) is 11.6 Å². The molecule has 3 nitrogen and oxygen atoms in total. The molecule has 2 rings (SSSR count). The van der Waals surface area contributed by atoms with Crippen LogP contribution in [0.4, 0.5) is 4.39 Å². The molecule has 0 spiro atoms. The third-order valence-electron chi connectivity index (χ3n) is 2.67. The number of rotatable bonds is 3. The minimum absolute atomic E-state index is 0.369. The van der Waals surface area contributed by atoms with Crippen molar-refractivity contribution in [1.29, 1.82) is 0 Å². The quantitative estimate of drug-likeness (QED) is 0.929. The maximum atomic E-state index is 13.3. The molecular formula is C13H12ClFN2O. The smallest absolute Gasteiger partial charge is 0.124 e. The van der Waals surface area contributed by atoms with Crippen molar-refractivity contribution < 1.29 is 9.13 Å². The van der Waals surface area contributed by atoms with E-state index in [1.165, 1.54) is 25.4 Å². The predicted molar refractivity (Wildman–Crippen MR) is 68.2 cm³/mol. The number of ether oxygens (including phenoxy) is 1. The lowest BCUT2D eigenvalue weighted by atomic mass is 9.99. The number of halogens is 2. The molecule has 1 atom stereocenters. The van der Waals surface area contributed by atoms with Gasteiger partial charge in [0.2, 0.25) is 0 Å². The van der Waals surface area contributed by atoms with E-state index in [-0.39, 0.29) is 5.82 Å². The van der Waals surface area contributed by atoms with Crippen LogP contribution in [0.5, 0.6) is 5.75 Å². The van der Waals surface area contributed by atoms with Gasteiger partial charge in [-0.3, -0.25) is 4.98 Å². The molecule has 0 fully saturated rings. The van der Waals surface area contributed by atoms with Crippen molar-refractivity contribution in [3.63, 3.8) is 0 Å². The molecule has 2 aromatic rings. The van der Waals surface area contributed by atoms with Crippen LogP contribution in [0.1, 0.15) is 17.2 Å². The van der Waals surface area contributed by atoms with Crippen LogP contribution >= 0.6 is 11.6 Å². The van der Waals surface area contributed by atoms with Gasteiger partial charge < -0.3 is 10.5 Å². The van der Waals surface area contributed by atoms with Crippen LogP contribution < -0.4 is 10.5 Å². The maximum absolute atomic E-state index is 13.3. The molecule has 0 saturated heterocycles. The van der Waals surface area contributed by atoms with Gasteiger partial charge in [0.05, 0.1) is 18.2 Å². The van der Waals surface area contributed by atoms with Crippen molar-refractivity contribution in [1.82, 2.24) is 4.98 Å². The fourth-order valence-corrected chi connectivity index (χ4v) is 1.99. The fourth-order valence-electron chi connectivity index (χ4n) is 1.75. The topological polar surface area (TPSA) is 48.1 Å². The minimum atomic E-state index is -0.564. The summed E-state index contributed by atoms with van der Waals surface area (Å²) < 4.78 is 18.5. The summed E-state index contributed by atoms with van der Waals surface area (Å²) in [4.78, 5) is 3.89. The molecule has 0 aliphatic heterocycles. The molecule has 1 heterocycles. The van der Waals surface area contributed by atoms with Gasteiger partial charge in [0, 0.05) is 18.0 Å². The molecule has 0 amide bonds. The number of benzene rings is 1. The molecule has 0 radical (unpaired) electrons. The van der Waals surface area contributed by atoms with E-state index < -0.39 is 6.04 Å². The largest absolute Gasteiger partial charge is 0.496 e. The van der Waals surface area contributed by atoms with E-state index in [4.69, 9.17) is 22.1 Å². The Bertz CT molecular complexity index is 562. The van der Waals surface area contributed by atoms with Crippen LogP contribution in [0, 0.1) is 5.82 Å². The van der Waals surface area contributed by atoms with Crippen molar-refractivity contribution in [3.05, 3.63) is 58.6 Å². The van der Waals surface area contributed by atoms with E-state index in [0.717, 1.165) is 0 Å². The standard InChI is InChI=1S/C13H12ClFN2O/c1-18-12-3-2-8(15)6-10(12)13(16)9-4-5-17-7-11(9)14/h2-7,13H,16H2,1H3. The van der Waals surface area contributed by atoms with E-state index in [1.807, 2.05) is 0 Å². The second kappa shape index (κ2) is 5.33. The van der Waals surface area contributed by atoms with Crippen LogP contribution in [-0.4, -0.2) is 12.1 Å². The highest BCUT2D eigenvalue weighted by molar-refractivity contribution is 6.31. The SMILES string of the molecule is COc1ccc(F)cc1C(N)c1ccncc1Cl. The zero-order chi connectivity index (χ0) is 13.1. The van der Waals surface area contributed by atoms with Crippen molar-refractivity contribution >= 4 is 11.6 Å². The summed E-state index contributed by atoms with van der Waals surface area (Å²) in [6.07, 6.45) is 3.09. The normalized spacial score (nSPS) is 12.2. The van der Waals surface area contributed by atoms with Crippen LogP contribution in [0.3, 0.4) is 0 Å². The van der Waals surface area contributed by atoms with Gasteiger partial charge in [-0.05, 0) is 29.8 Å². The first-order valence-corrected chi connectivity index (χ1v) is 5.69. The number of aromatic nitrogens is 1. The average molecular weight is 267 g/mol. The molecule has 18 heavy (non-hydrogen) atoms. The number of methoxy groups -OCH3 is 1. The Kier molecular flexibility index (Phi) is 3.79. The summed E-state index contributed by atoms with van der Waals surface area (Å²) in [5, 5.41) is 0.441. The number of nitrogens with zero attached hydrogens (tertiary/aromatic N) is 1. The van der Waals surface area contributed by atoms with Crippen molar-refractivity contribution in [3.8, 4) is 5.75 Å². The lowest BCUT2D eigenvalue weighted by molar-refractivity contribution is 0.406. The molecule has 94 valence electrons. The van der Waals surface area contributed by atoms with Crippen LogP contribution in [-0.2, 0) is 0 Å². The summed E-state index contributed by atoms with van der Waals surface area (Å²) in [5.74, 6) is 0.156. The highest BCUT2D eigenvalue weighted by Crippen LogP contribution is 2.31. The highest BCUT2D eigenvalue weighted by atomic mass is 35.5. The van der Waals surface area contributed by atoms with E-state index >= 15 is 0 Å². The first-order chi connectivity index (χ1) is 8.63. The number of hydrogen-bond donors (Lipinski definition) is 1.